The summed E-state index contributed by atoms with van der Waals surface area (Å²) in [5.74, 6) is 0.303. The van der Waals surface area contributed by atoms with Crippen LogP contribution in [0.15, 0.2) is 12.4 Å². The van der Waals surface area contributed by atoms with E-state index in [-0.39, 0.29) is 6.09 Å². The first-order valence-corrected chi connectivity index (χ1v) is 11.6. The molecule has 0 bridgehead atoms. The van der Waals surface area contributed by atoms with Crippen LogP contribution < -0.4 is 4.90 Å². The van der Waals surface area contributed by atoms with Crippen LogP contribution in [0.4, 0.5) is 15.0 Å². The summed E-state index contributed by atoms with van der Waals surface area (Å²) in [5.41, 5.74) is -0.201. The molecular formula is C21H27ClFIN4O2. The molecule has 30 heavy (non-hydrogen) atoms. The number of ether oxygens (including phenoxy) is 1. The molecule has 0 saturated carbocycles. The lowest BCUT2D eigenvalue weighted by molar-refractivity contribution is 0.0243. The summed E-state index contributed by atoms with van der Waals surface area (Å²) < 4.78 is 20.6. The highest BCUT2D eigenvalue weighted by atomic mass is 127. The van der Waals surface area contributed by atoms with Crippen molar-refractivity contribution >= 4 is 57.0 Å². The highest BCUT2D eigenvalue weighted by Gasteiger charge is 2.23. The molecule has 1 aliphatic rings. The van der Waals surface area contributed by atoms with Crippen molar-refractivity contribution < 1.29 is 13.9 Å². The van der Waals surface area contributed by atoms with Crippen molar-refractivity contribution in [1.29, 1.82) is 0 Å². The summed E-state index contributed by atoms with van der Waals surface area (Å²) in [6, 6.07) is 1.75. The van der Waals surface area contributed by atoms with Crippen molar-refractivity contribution in [2.75, 3.05) is 31.1 Å². The highest BCUT2D eigenvalue weighted by molar-refractivity contribution is 14.1. The topological polar surface area (TPSA) is 58.6 Å². The van der Waals surface area contributed by atoms with Crippen molar-refractivity contribution in [3.05, 3.63) is 26.8 Å². The van der Waals surface area contributed by atoms with E-state index >= 15 is 0 Å². The van der Waals surface area contributed by atoms with Crippen LogP contribution >= 0.6 is 34.2 Å². The second-order valence-corrected chi connectivity index (χ2v) is 9.93. The number of amides is 1. The van der Waals surface area contributed by atoms with Crippen LogP contribution in [-0.4, -0.2) is 52.7 Å². The van der Waals surface area contributed by atoms with Crippen LogP contribution in [0.1, 0.15) is 46.5 Å². The fourth-order valence-corrected chi connectivity index (χ4v) is 4.10. The number of nitrogens with zero attached hydrogens (tertiary/aromatic N) is 4. The zero-order chi connectivity index (χ0) is 21.9. The lowest BCUT2D eigenvalue weighted by Crippen LogP contribution is -2.39. The van der Waals surface area contributed by atoms with Gasteiger partial charge in [-0.05, 0) is 75.1 Å². The van der Waals surface area contributed by atoms with Gasteiger partial charge in [-0.2, -0.15) is 0 Å². The molecule has 0 N–H and O–H groups in total. The van der Waals surface area contributed by atoms with E-state index in [1.54, 1.807) is 11.0 Å². The Kier molecular flexibility index (Phi) is 7.60. The predicted molar refractivity (Wildman–Crippen MR) is 126 cm³/mol. The molecule has 164 valence electrons. The predicted octanol–water partition coefficient (Wildman–Crippen LogP) is 5.64. The van der Waals surface area contributed by atoms with E-state index in [1.807, 2.05) is 43.4 Å². The van der Waals surface area contributed by atoms with Crippen molar-refractivity contribution in [2.45, 2.75) is 52.1 Å². The first kappa shape index (κ1) is 23.2. The van der Waals surface area contributed by atoms with Gasteiger partial charge in [0.2, 0.25) is 0 Å². The zero-order valence-electron chi connectivity index (χ0n) is 17.6. The number of hydrogen-bond acceptors (Lipinski definition) is 5. The number of carbonyl (C=O) groups excluding carboxylic acids is 1. The Morgan fingerprint density at radius 2 is 1.73 bits per heavy atom. The van der Waals surface area contributed by atoms with E-state index in [0.29, 0.717) is 38.4 Å². The summed E-state index contributed by atoms with van der Waals surface area (Å²) in [6.07, 6.45) is 4.63. The Balaban J connectivity index is 1.75. The zero-order valence-corrected chi connectivity index (χ0v) is 20.5. The molecule has 1 saturated heterocycles. The van der Waals surface area contributed by atoms with Gasteiger partial charge in [-0.1, -0.05) is 11.6 Å². The highest BCUT2D eigenvalue weighted by Crippen LogP contribution is 2.32. The van der Waals surface area contributed by atoms with Crippen LogP contribution in [0.5, 0.6) is 0 Å². The van der Waals surface area contributed by atoms with Crippen LogP contribution in [0.3, 0.4) is 0 Å². The summed E-state index contributed by atoms with van der Waals surface area (Å²) in [4.78, 5) is 25.0. The first-order chi connectivity index (χ1) is 14.2. The molecule has 6 nitrogen and oxygen atoms in total. The molecule has 1 fully saturated rings. The third kappa shape index (κ3) is 5.63. The SMILES string of the molecule is CC(C)(C)OC(=O)N1CCCCN(c2ncnc3c(F)c(I)c(Cl)cc23)CCCC1. The maximum atomic E-state index is 14.7. The maximum Gasteiger partial charge on any atom is 0.410 e. The number of aromatic nitrogens is 2. The van der Waals surface area contributed by atoms with Crippen molar-refractivity contribution in [3.63, 3.8) is 0 Å². The summed E-state index contributed by atoms with van der Waals surface area (Å²) >= 11 is 8.13. The van der Waals surface area contributed by atoms with E-state index < -0.39 is 11.4 Å². The normalized spacial score (nSPS) is 16.6. The molecule has 1 amide bonds. The van der Waals surface area contributed by atoms with Crippen LogP contribution in [0, 0.1) is 9.39 Å². The number of anilines is 1. The molecule has 2 heterocycles. The average Bonchev–Trinajstić information content (AvgIpc) is 2.68. The first-order valence-electron chi connectivity index (χ1n) is 10.2. The number of halogens is 3. The van der Waals surface area contributed by atoms with Crippen molar-refractivity contribution in [3.8, 4) is 0 Å². The van der Waals surface area contributed by atoms with E-state index in [2.05, 4.69) is 14.9 Å². The maximum absolute atomic E-state index is 14.7. The summed E-state index contributed by atoms with van der Waals surface area (Å²) in [6.45, 7) is 8.49. The third-order valence-electron chi connectivity index (χ3n) is 4.91. The molecule has 0 atom stereocenters. The molecule has 1 aliphatic heterocycles. The van der Waals surface area contributed by atoms with Gasteiger partial charge in [-0.15, -0.1) is 0 Å². The van der Waals surface area contributed by atoms with E-state index in [0.717, 1.165) is 38.8 Å². The van der Waals surface area contributed by atoms with Crippen LogP contribution in [-0.2, 0) is 4.74 Å². The lowest BCUT2D eigenvalue weighted by atomic mass is 10.1. The standard InChI is InChI=1S/C21H27ClFIN4O2/c1-21(2,3)30-20(29)28-10-6-4-8-27(9-5-7-11-28)19-14-12-15(22)17(24)16(23)18(14)25-13-26-19/h12-13H,4-11H2,1-3H3. The second-order valence-electron chi connectivity index (χ2n) is 8.45. The minimum atomic E-state index is -0.494. The van der Waals surface area contributed by atoms with Crippen LogP contribution in [0.25, 0.3) is 10.9 Å². The summed E-state index contributed by atoms with van der Waals surface area (Å²) in [7, 11) is 0. The van der Waals surface area contributed by atoms with Crippen molar-refractivity contribution in [2.24, 2.45) is 0 Å². The number of carbonyl (C=O) groups is 1. The van der Waals surface area contributed by atoms with Gasteiger partial charge >= 0.3 is 6.09 Å². The third-order valence-corrected chi connectivity index (χ3v) is 6.58. The van der Waals surface area contributed by atoms with E-state index in [9.17, 15) is 9.18 Å². The Labute approximate surface area is 195 Å². The Morgan fingerprint density at radius 3 is 2.33 bits per heavy atom. The molecule has 2 aromatic rings. The smallest absolute Gasteiger partial charge is 0.410 e. The molecule has 1 aromatic carbocycles. The van der Waals surface area contributed by atoms with E-state index in [4.69, 9.17) is 16.3 Å². The Morgan fingerprint density at radius 1 is 1.13 bits per heavy atom. The average molecular weight is 549 g/mol. The summed E-state index contributed by atoms with van der Waals surface area (Å²) in [5, 5.41) is 0.999. The number of hydrogen-bond donors (Lipinski definition) is 0. The van der Waals surface area contributed by atoms with Gasteiger partial charge in [0.05, 0.1) is 8.59 Å². The number of rotatable bonds is 1. The van der Waals surface area contributed by atoms with Gasteiger partial charge in [-0.3, -0.25) is 0 Å². The Bertz CT molecular complexity index is 910. The van der Waals surface area contributed by atoms with Gasteiger partial charge < -0.3 is 14.5 Å². The molecule has 0 spiro atoms. The lowest BCUT2D eigenvalue weighted by Gasteiger charge is -2.30. The molecule has 1 aromatic heterocycles. The second kappa shape index (κ2) is 9.80. The van der Waals surface area contributed by atoms with Gasteiger partial charge in [-0.25, -0.2) is 19.2 Å². The van der Waals surface area contributed by atoms with Crippen LogP contribution in [0.2, 0.25) is 5.02 Å². The molecule has 0 radical (unpaired) electrons. The van der Waals surface area contributed by atoms with Gasteiger partial charge in [0.1, 0.15) is 23.3 Å². The fourth-order valence-electron chi connectivity index (χ4n) is 3.50. The number of benzene rings is 1. The molecular weight excluding hydrogens is 522 g/mol. The fraction of sp³-hybridized carbons (Fsp3) is 0.571. The molecule has 0 unspecified atom stereocenters. The van der Waals surface area contributed by atoms with Gasteiger partial charge in [0.25, 0.3) is 0 Å². The van der Waals surface area contributed by atoms with Gasteiger partial charge in [0.15, 0.2) is 5.82 Å². The quantitative estimate of drug-likeness (QED) is 0.341. The van der Waals surface area contributed by atoms with Gasteiger partial charge in [0, 0.05) is 31.6 Å². The minimum absolute atomic E-state index is 0.249. The molecule has 3 rings (SSSR count). The Hall–Kier alpha value is -1.42. The minimum Gasteiger partial charge on any atom is -0.444 e. The van der Waals surface area contributed by atoms with Crippen molar-refractivity contribution in [1.82, 2.24) is 14.9 Å². The van der Waals surface area contributed by atoms with E-state index in [1.165, 1.54) is 6.33 Å². The molecule has 9 heteroatoms. The largest absolute Gasteiger partial charge is 0.444 e. The number of fused-ring (bicyclic) bond motifs is 1. The monoisotopic (exact) mass is 548 g/mol. The molecule has 0 aliphatic carbocycles.